The monoisotopic (exact) mass is 466 g/mol. The van der Waals surface area contributed by atoms with E-state index in [1.807, 2.05) is 0 Å². The molecule has 1 saturated heterocycles. The molecule has 33 heavy (non-hydrogen) atoms. The van der Waals surface area contributed by atoms with Crippen LogP contribution >= 0.6 is 11.6 Å². The third-order valence-electron chi connectivity index (χ3n) is 5.48. The summed E-state index contributed by atoms with van der Waals surface area (Å²) in [4.78, 5) is 31.8. The van der Waals surface area contributed by atoms with Crippen molar-refractivity contribution in [2.75, 3.05) is 13.7 Å². The first kappa shape index (κ1) is 22.5. The van der Waals surface area contributed by atoms with E-state index in [0.29, 0.717) is 22.9 Å². The minimum absolute atomic E-state index is 0.0987. The lowest BCUT2D eigenvalue weighted by Gasteiger charge is -2.24. The van der Waals surface area contributed by atoms with Gasteiger partial charge in [-0.2, -0.15) is 0 Å². The van der Waals surface area contributed by atoms with Gasteiger partial charge in [-0.15, -0.1) is 0 Å². The van der Waals surface area contributed by atoms with Gasteiger partial charge in [0.25, 0.3) is 11.7 Å². The van der Waals surface area contributed by atoms with E-state index in [9.17, 15) is 19.1 Å². The lowest BCUT2D eigenvalue weighted by molar-refractivity contribution is -0.139. The maximum absolute atomic E-state index is 13.2. The highest BCUT2D eigenvalue weighted by Crippen LogP contribution is 2.40. The first-order valence-corrected chi connectivity index (χ1v) is 10.6. The van der Waals surface area contributed by atoms with Crippen LogP contribution in [-0.2, 0) is 16.0 Å². The van der Waals surface area contributed by atoms with E-state index < -0.39 is 23.5 Å². The Bertz CT molecular complexity index is 1230. The number of amides is 1. The Morgan fingerprint density at radius 3 is 2.58 bits per heavy atom. The molecule has 6 nitrogen and oxygen atoms in total. The summed E-state index contributed by atoms with van der Waals surface area (Å²) in [7, 11) is 1.43. The van der Waals surface area contributed by atoms with Crippen LogP contribution in [0.3, 0.4) is 0 Å². The van der Waals surface area contributed by atoms with Crippen LogP contribution in [0.4, 0.5) is 4.39 Å². The van der Waals surface area contributed by atoms with E-state index in [4.69, 9.17) is 16.3 Å². The molecule has 1 N–H and O–H groups in total. The zero-order chi connectivity index (χ0) is 23.5. The van der Waals surface area contributed by atoms with Gasteiger partial charge in [0.05, 0.1) is 23.9 Å². The van der Waals surface area contributed by atoms with Crippen molar-refractivity contribution in [3.8, 4) is 5.75 Å². The Morgan fingerprint density at radius 2 is 1.91 bits per heavy atom. The summed E-state index contributed by atoms with van der Waals surface area (Å²) in [5, 5.41) is 11.5. The molecule has 0 saturated carbocycles. The van der Waals surface area contributed by atoms with Gasteiger partial charge >= 0.3 is 0 Å². The van der Waals surface area contributed by atoms with E-state index in [1.165, 1.54) is 30.2 Å². The van der Waals surface area contributed by atoms with Gasteiger partial charge in [-0.25, -0.2) is 4.39 Å². The number of Topliss-reactive ketones (excluding diaryl/α,β-unsaturated/α-hetero) is 1. The first-order valence-electron chi connectivity index (χ1n) is 10.2. The number of carbonyl (C=O) groups excluding carboxylic acids is 2. The molecular formula is C25H20ClFN2O4. The molecule has 1 aliphatic heterocycles. The van der Waals surface area contributed by atoms with E-state index in [2.05, 4.69) is 4.98 Å². The zero-order valence-electron chi connectivity index (χ0n) is 17.7. The fraction of sp³-hybridized carbons (Fsp3) is 0.160. The number of carbonyl (C=O) groups is 2. The van der Waals surface area contributed by atoms with E-state index in [1.54, 1.807) is 48.7 Å². The molecule has 4 rings (SSSR count). The SMILES string of the molecule is COc1ccc(Cl)cc1/C(O)=C1\C(=O)C(=O)N(CCc2ccc(F)cc2)C1c1ccccn1. The number of benzene rings is 2. The van der Waals surface area contributed by atoms with Gasteiger partial charge in [0.2, 0.25) is 0 Å². The van der Waals surface area contributed by atoms with E-state index >= 15 is 0 Å². The average Bonchev–Trinajstić information content (AvgIpc) is 3.08. The number of halogens is 2. The van der Waals surface area contributed by atoms with Crippen LogP contribution in [0.2, 0.25) is 5.02 Å². The summed E-state index contributed by atoms with van der Waals surface area (Å²) in [5.41, 5.74) is 1.33. The van der Waals surface area contributed by atoms with Crippen molar-refractivity contribution >= 4 is 29.1 Å². The van der Waals surface area contributed by atoms with Crippen LogP contribution in [0, 0.1) is 5.82 Å². The molecule has 1 unspecified atom stereocenters. The van der Waals surface area contributed by atoms with Crippen molar-refractivity contribution in [1.29, 1.82) is 0 Å². The zero-order valence-corrected chi connectivity index (χ0v) is 18.4. The maximum atomic E-state index is 13.2. The molecule has 1 fully saturated rings. The topological polar surface area (TPSA) is 79.7 Å². The van der Waals surface area contributed by atoms with Crippen molar-refractivity contribution in [1.82, 2.24) is 9.88 Å². The molecule has 1 aliphatic rings. The molecule has 0 aliphatic carbocycles. The number of pyridine rings is 1. The summed E-state index contributed by atoms with van der Waals surface area (Å²) in [6.45, 7) is 0.168. The second-order valence-corrected chi connectivity index (χ2v) is 7.90. The van der Waals surface area contributed by atoms with Crippen LogP contribution in [0.15, 0.2) is 72.4 Å². The first-order chi connectivity index (χ1) is 15.9. The fourth-order valence-corrected chi connectivity index (χ4v) is 4.04. The highest BCUT2D eigenvalue weighted by Gasteiger charge is 2.46. The minimum atomic E-state index is -0.907. The summed E-state index contributed by atoms with van der Waals surface area (Å²) in [6, 6.07) is 14.8. The van der Waals surface area contributed by atoms with Gasteiger partial charge in [0.15, 0.2) is 0 Å². The van der Waals surface area contributed by atoms with Crippen molar-refractivity contribution in [3.05, 3.63) is 100 Å². The van der Waals surface area contributed by atoms with Gasteiger partial charge in [-0.05, 0) is 54.4 Å². The summed E-state index contributed by atoms with van der Waals surface area (Å²) >= 11 is 6.11. The Morgan fingerprint density at radius 1 is 1.15 bits per heavy atom. The molecule has 0 bridgehead atoms. The number of likely N-dealkylation sites (tertiary alicyclic amines) is 1. The molecule has 1 atom stereocenters. The maximum Gasteiger partial charge on any atom is 0.295 e. The Balaban J connectivity index is 1.80. The number of nitrogens with zero attached hydrogens (tertiary/aromatic N) is 2. The Kier molecular flexibility index (Phi) is 6.42. The van der Waals surface area contributed by atoms with Gasteiger partial charge < -0.3 is 14.7 Å². The highest BCUT2D eigenvalue weighted by atomic mass is 35.5. The van der Waals surface area contributed by atoms with Crippen molar-refractivity contribution < 1.29 is 23.8 Å². The van der Waals surface area contributed by atoms with Crippen LogP contribution in [0.1, 0.15) is 22.9 Å². The standard InChI is InChI=1S/C25H20ClFN2O4/c1-33-20-10-7-16(26)14-18(20)23(30)21-22(19-4-2-3-12-28-19)29(25(32)24(21)31)13-11-15-5-8-17(27)9-6-15/h2-10,12,14,22,30H,11,13H2,1H3/b23-21+. The summed E-state index contributed by atoms with van der Waals surface area (Å²) in [5.74, 6) is -2.04. The number of methoxy groups -OCH3 is 1. The van der Waals surface area contributed by atoms with Crippen molar-refractivity contribution in [2.45, 2.75) is 12.5 Å². The quantitative estimate of drug-likeness (QED) is 0.327. The third kappa shape index (κ3) is 4.45. The molecule has 0 radical (unpaired) electrons. The lowest BCUT2D eigenvalue weighted by atomic mass is 9.97. The molecule has 0 spiro atoms. The van der Waals surface area contributed by atoms with E-state index in [0.717, 1.165) is 5.56 Å². The van der Waals surface area contributed by atoms with E-state index in [-0.39, 0.29) is 23.5 Å². The molecule has 2 aromatic carbocycles. The summed E-state index contributed by atoms with van der Waals surface area (Å²) < 4.78 is 18.6. The van der Waals surface area contributed by atoms with Crippen molar-refractivity contribution in [2.24, 2.45) is 0 Å². The molecule has 3 aromatic rings. The number of aromatic nitrogens is 1. The largest absolute Gasteiger partial charge is 0.507 e. The van der Waals surface area contributed by atoms with Gasteiger partial charge in [-0.1, -0.05) is 29.8 Å². The number of aliphatic hydroxyl groups excluding tert-OH is 1. The Labute approximate surface area is 194 Å². The van der Waals surface area contributed by atoms with Crippen molar-refractivity contribution in [3.63, 3.8) is 0 Å². The van der Waals surface area contributed by atoms with Crippen LogP contribution < -0.4 is 4.74 Å². The van der Waals surface area contributed by atoms with Gasteiger partial charge in [-0.3, -0.25) is 14.6 Å². The average molecular weight is 467 g/mol. The predicted octanol–water partition coefficient (Wildman–Crippen LogP) is 4.55. The number of ketones is 1. The molecule has 8 heteroatoms. The number of rotatable bonds is 6. The summed E-state index contributed by atoms with van der Waals surface area (Å²) in [6.07, 6.45) is 1.94. The highest BCUT2D eigenvalue weighted by molar-refractivity contribution is 6.46. The number of aliphatic hydroxyl groups is 1. The molecule has 2 heterocycles. The molecular weight excluding hydrogens is 447 g/mol. The minimum Gasteiger partial charge on any atom is -0.507 e. The van der Waals surface area contributed by atoms with Gasteiger partial charge in [0.1, 0.15) is 23.4 Å². The molecule has 1 aromatic heterocycles. The van der Waals surface area contributed by atoms with Crippen LogP contribution in [0.5, 0.6) is 5.75 Å². The van der Waals surface area contributed by atoms with Gasteiger partial charge in [0, 0.05) is 17.8 Å². The second kappa shape index (κ2) is 9.42. The third-order valence-corrected chi connectivity index (χ3v) is 5.71. The smallest absolute Gasteiger partial charge is 0.295 e. The number of hydrogen-bond acceptors (Lipinski definition) is 5. The number of hydrogen-bond donors (Lipinski definition) is 1. The van der Waals surface area contributed by atoms with Crippen LogP contribution in [-0.4, -0.2) is 40.3 Å². The fourth-order valence-electron chi connectivity index (χ4n) is 3.87. The normalized spacial score (nSPS) is 17.4. The lowest BCUT2D eigenvalue weighted by Crippen LogP contribution is -2.32. The second-order valence-electron chi connectivity index (χ2n) is 7.47. The Hall–Kier alpha value is -3.71. The van der Waals surface area contributed by atoms with Crippen LogP contribution in [0.25, 0.3) is 5.76 Å². The predicted molar refractivity (Wildman–Crippen MR) is 121 cm³/mol. The number of ether oxygens (including phenoxy) is 1. The molecule has 1 amide bonds. The molecule has 168 valence electrons.